The molecule has 1 unspecified atom stereocenters. The third kappa shape index (κ3) is 2.38. The average molecular weight is 233 g/mol. The van der Waals surface area contributed by atoms with Gasteiger partial charge in [0.2, 0.25) is 0 Å². The lowest BCUT2D eigenvalue weighted by molar-refractivity contribution is 0.760. The molecule has 0 aromatic carbocycles. The second kappa shape index (κ2) is 4.96. The van der Waals surface area contributed by atoms with Gasteiger partial charge in [0.05, 0.1) is 5.02 Å². The summed E-state index contributed by atoms with van der Waals surface area (Å²) in [7, 11) is 0. The number of halogens is 2. The molecule has 2 heterocycles. The molecule has 0 amide bonds. The van der Waals surface area contributed by atoms with E-state index in [1.54, 1.807) is 6.20 Å². The van der Waals surface area contributed by atoms with Gasteiger partial charge in [-0.05, 0) is 37.4 Å². The Kier molecular flexibility index (Phi) is 4.17. The minimum Gasteiger partial charge on any atom is -0.316 e. The van der Waals surface area contributed by atoms with Crippen LogP contribution in [-0.4, -0.2) is 18.1 Å². The number of nitrogens with one attached hydrogen (secondary N) is 1. The van der Waals surface area contributed by atoms with E-state index in [0.29, 0.717) is 5.92 Å². The van der Waals surface area contributed by atoms with Gasteiger partial charge in [0.1, 0.15) is 0 Å². The summed E-state index contributed by atoms with van der Waals surface area (Å²) in [5, 5.41) is 4.14. The van der Waals surface area contributed by atoms with Gasteiger partial charge in [-0.15, -0.1) is 12.4 Å². The molecule has 1 aromatic heterocycles. The van der Waals surface area contributed by atoms with Crippen molar-refractivity contribution in [3.05, 3.63) is 28.5 Å². The normalized spacial score (nSPS) is 20.6. The minimum absolute atomic E-state index is 0. The minimum atomic E-state index is 0. The number of aryl methyl sites for hydroxylation is 1. The summed E-state index contributed by atoms with van der Waals surface area (Å²) in [5.74, 6) is 0.578. The number of rotatable bonds is 1. The third-order valence-electron chi connectivity index (χ3n) is 2.52. The van der Waals surface area contributed by atoms with Crippen molar-refractivity contribution in [2.45, 2.75) is 19.3 Å². The maximum Gasteiger partial charge on any atom is 0.0624 e. The van der Waals surface area contributed by atoms with Gasteiger partial charge in [-0.1, -0.05) is 11.6 Å². The Morgan fingerprint density at radius 2 is 2.36 bits per heavy atom. The Morgan fingerprint density at radius 3 is 3.00 bits per heavy atom. The van der Waals surface area contributed by atoms with E-state index < -0.39 is 0 Å². The highest BCUT2D eigenvalue weighted by Crippen LogP contribution is 2.28. The number of hydrogen-bond acceptors (Lipinski definition) is 2. The van der Waals surface area contributed by atoms with Crippen LogP contribution in [0.4, 0.5) is 0 Å². The molecule has 1 aliphatic rings. The van der Waals surface area contributed by atoms with Gasteiger partial charge in [0.15, 0.2) is 0 Å². The predicted octanol–water partition coefficient (Wildman–Crippen LogP) is 2.54. The van der Waals surface area contributed by atoms with E-state index in [2.05, 4.69) is 16.4 Å². The number of pyridine rings is 1. The first kappa shape index (κ1) is 11.8. The van der Waals surface area contributed by atoms with Crippen molar-refractivity contribution in [1.82, 2.24) is 10.3 Å². The molecule has 2 nitrogen and oxygen atoms in total. The van der Waals surface area contributed by atoms with Crippen LogP contribution in [0.1, 0.15) is 23.6 Å². The van der Waals surface area contributed by atoms with Crippen molar-refractivity contribution in [2.24, 2.45) is 0 Å². The largest absolute Gasteiger partial charge is 0.316 e. The molecular formula is C10H14Cl2N2. The lowest BCUT2D eigenvalue weighted by atomic mass is 9.99. The zero-order valence-electron chi connectivity index (χ0n) is 8.09. The van der Waals surface area contributed by atoms with Gasteiger partial charge in [0.25, 0.3) is 0 Å². The van der Waals surface area contributed by atoms with E-state index in [9.17, 15) is 0 Å². The molecule has 1 fully saturated rings. The molecule has 2 rings (SSSR count). The second-order valence-corrected chi connectivity index (χ2v) is 3.94. The summed E-state index contributed by atoms with van der Waals surface area (Å²) >= 11 is 6.09. The van der Waals surface area contributed by atoms with Crippen molar-refractivity contribution < 1.29 is 0 Å². The molecule has 14 heavy (non-hydrogen) atoms. The van der Waals surface area contributed by atoms with Gasteiger partial charge < -0.3 is 5.32 Å². The summed E-state index contributed by atoms with van der Waals surface area (Å²) in [4.78, 5) is 4.16. The molecule has 78 valence electrons. The Balaban J connectivity index is 0.000000980. The SMILES string of the molecule is Cc1cc(C2CCNC2)c(Cl)cn1.Cl. The predicted molar refractivity (Wildman–Crippen MR) is 61.5 cm³/mol. The van der Waals surface area contributed by atoms with Crippen LogP contribution in [0.3, 0.4) is 0 Å². The molecule has 0 radical (unpaired) electrons. The van der Waals surface area contributed by atoms with Crippen molar-refractivity contribution in [1.29, 1.82) is 0 Å². The first-order valence-corrected chi connectivity index (χ1v) is 4.98. The van der Waals surface area contributed by atoms with E-state index in [4.69, 9.17) is 11.6 Å². The highest BCUT2D eigenvalue weighted by atomic mass is 35.5. The summed E-state index contributed by atoms with van der Waals surface area (Å²) < 4.78 is 0. The fourth-order valence-corrected chi connectivity index (χ4v) is 2.05. The summed E-state index contributed by atoms with van der Waals surface area (Å²) in [6, 6.07) is 2.10. The van der Waals surface area contributed by atoms with Crippen LogP contribution in [0.5, 0.6) is 0 Å². The van der Waals surface area contributed by atoms with Crippen molar-refractivity contribution in [2.75, 3.05) is 13.1 Å². The van der Waals surface area contributed by atoms with Crippen LogP contribution in [0, 0.1) is 6.92 Å². The highest BCUT2D eigenvalue weighted by Gasteiger charge is 2.19. The van der Waals surface area contributed by atoms with E-state index in [1.165, 1.54) is 12.0 Å². The van der Waals surface area contributed by atoms with E-state index in [1.807, 2.05) is 6.92 Å². The van der Waals surface area contributed by atoms with E-state index >= 15 is 0 Å². The second-order valence-electron chi connectivity index (χ2n) is 3.54. The average Bonchev–Trinajstić information content (AvgIpc) is 2.61. The Morgan fingerprint density at radius 1 is 1.57 bits per heavy atom. The standard InChI is InChI=1S/C10H13ClN2.ClH/c1-7-4-9(10(11)6-13-7)8-2-3-12-5-8;/h4,6,8,12H,2-3,5H2,1H3;1H. The van der Waals surface area contributed by atoms with Gasteiger partial charge in [-0.2, -0.15) is 0 Å². The van der Waals surface area contributed by atoms with Gasteiger partial charge in [-0.25, -0.2) is 0 Å². The third-order valence-corrected chi connectivity index (χ3v) is 2.84. The number of hydrogen-bond donors (Lipinski definition) is 1. The molecule has 1 atom stereocenters. The molecule has 1 aliphatic heterocycles. The molecule has 1 aromatic rings. The lowest BCUT2D eigenvalue weighted by Gasteiger charge is -2.10. The van der Waals surface area contributed by atoms with Crippen LogP contribution >= 0.6 is 24.0 Å². The summed E-state index contributed by atoms with van der Waals surface area (Å²) in [6.45, 7) is 4.15. The molecule has 0 spiro atoms. The van der Waals surface area contributed by atoms with Gasteiger partial charge >= 0.3 is 0 Å². The Labute approximate surface area is 95.5 Å². The van der Waals surface area contributed by atoms with Crippen LogP contribution in [-0.2, 0) is 0 Å². The van der Waals surface area contributed by atoms with Crippen molar-refractivity contribution >= 4 is 24.0 Å². The first-order valence-electron chi connectivity index (χ1n) is 4.60. The molecule has 0 aliphatic carbocycles. The number of nitrogens with zero attached hydrogens (tertiary/aromatic N) is 1. The molecule has 1 saturated heterocycles. The number of aromatic nitrogens is 1. The molecule has 1 N–H and O–H groups in total. The molecule has 0 saturated carbocycles. The van der Waals surface area contributed by atoms with Gasteiger partial charge in [0, 0.05) is 18.4 Å². The smallest absolute Gasteiger partial charge is 0.0624 e. The van der Waals surface area contributed by atoms with Crippen LogP contribution < -0.4 is 5.32 Å². The fourth-order valence-electron chi connectivity index (χ4n) is 1.80. The van der Waals surface area contributed by atoms with Crippen molar-refractivity contribution in [3.63, 3.8) is 0 Å². The monoisotopic (exact) mass is 232 g/mol. The zero-order valence-corrected chi connectivity index (χ0v) is 9.66. The maximum absolute atomic E-state index is 6.09. The fraction of sp³-hybridized carbons (Fsp3) is 0.500. The van der Waals surface area contributed by atoms with Gasteiger partial charge in [-0.3, -0.25) is 4.98 Å². The van der Waals surface area contributed by atoms with E-state index in [0.717, 1.165) is 23.8 Å². The zero-order chi connectivity index (χ0) is 9.26. The molecule has 4 heteroatoms. The lowest BCUT2D eigenvalue weighted by Crippen LogP contribution is -2.08. The molecular weight excluding hydrogens is 219 g/mol. The maximum atomic E-state index is 6.09. The summed E-state index contributed by atoms with van der Waals surface area (Å²) in [5.41, 5.74) is 2.30. The topological polar surface area (TPSA) is 24.9 Å². The molecule has 0 bridgehead atoms. The van der Waals surface area contributed by atoms with E-state index in [-0.39, 0.29) is 12.4 Å². The van der Waals surface area contributed by atoms with Crippen molar-refractivity contribution in [3.8, 4) is 0 Å². The van der Waals surface area contributed by atoms with Crippen LogP contribution in [0.2, 0.25) is 5.02 Å². The first-order chi connectivity index (χ1) is 6.27. The van der Waals surface area contributed by atoms with Crippen LogP contribution in [0.25, 0.3) is 0 Å². The summed E-state index contributed by atoms with van der Waals surface area (Å²) in [6.07, 6.45) is 2.94. The quantitative estimate of drug-likeness (QED) is 0.806. The highest BCUT2D eigenvalue weighted by molar-refractivity contribution is 6.31. The van der Waals surface area contributed by atoms with Crippen LogP contribution in [0.15, 0.2) is 12.3 Å². The Bertz CT molecular complexity index is 309. The Hall–Kier alpha value is -0.310.